The molecule has 0 aliphatic heterocycles. The lowest BCUT2D eigenvalue weighted by molar-refractivity contribution is -0.137. The fourth-order valence-corrected chi connectivity index (χ4v) is 1.50. The molecule has 0 bridgehead atoms. The Kier molecular flexibility index (Phi) is 5.87. The summed E-state index contributed by atoms with van der Waals surface area (Å²) in [6, 6.07) is 8.65. The van der Waals surface area contributed by atoms with E-state index in [1.807, 2.05) is 0 Å². The molecule has 0 aliphatic rings. The number of carboxylic acids is 1. The number of hydrogen-bond acceptors (Lipinski definition) is 3. The monoisotopic (exact) mass is 251 g/mol. The number of carbonyl (C=O) groups excluding carboxylic acids is 1. The zero-order valence-corrected chi connectivity index (χ0v) is 10.0. The van der Waals surface area contributed by atoms with Crippen molar-refractivity contribution in [1.29, 1.82) is 0 Å². The predicted octanol–water partition coefficient (Wildman–Crippen LogP) is 1.09. The van der Waals surface area contributed by atoms with Gasteiger partial charge in [0, 0.05) is 13.0 Å². The van der Waals surface area contributed by atoms with E-state index in [1.165, 1.54) is 0 Å². The Labute approximate surface area is 105 Å². The number of aliphatic hydroxyl groups is 1. The summed E-state index contributed by atoms with van der Waals surface area (Å²) in [4.78, 5) is 21.8. The molecule has 18 heavy (non-hydrogen) atoms. The highest BCUT2D eigenvalue weighted by atomic mass is 16.4. The summed E-state index contributed by atoms with van der Waals surface area (Å²) in [6.07, 6.45) is 0.0129. The van der Waals surface area contributed by atoms with Crippen LogP contribution in [0.2, 0.25) is 0 Å². The Morgan fingerprint density at radius 2 is 1.83 bits per heavy atom. The third-order valence-electron chi connectivity index (χ3n) is 2.48. The predicted molar refractivity (Wildman–Crippen MR) is 65.9 cm³/mol. The SMILES string of the molecule is O=C(O)CCCCNC(=O)C(O)c1ccccc1. The van der Waals surface area contributed by atoms with Gasteiger partial charge in [0.2, 0.25) is 0 Å². The van der Waals surface area contributed by atoms with Gasteiger partial charge < -0.3 is 15.5 Å². The minimum Gasteiger partial charge on any atom is -0.481 e. The number of unbranched alkanes of at least 4 members (excludes halogenated alkanes) is 1. The average molecular weight is 251 g/mol. The summed E-state index contributed by atoms with van der Waals surface area (Å²) in [6.45, 7) is 0.371. The highest BCUT2D eigenvalue weighted by Crippen LogP contribution is 2.11. The van der Waals surface area contributed by atoms with Gasteiger partial charge in [-0.3, -0.25) is 9.59 Å². The minimum absolute atomic E-state index is 0.0944. The fourth-order valence-electron chi connectivity index (χ4n) is 1.50. The number of carbonyl (C=O) groups is 2. The fraction of sp³-hybridized carbons (Fsp3) is 0.385. The molecule has 1 rings (SSSR count). The number of amides is 1. The zero-order valence-electron chi connectivity index (χ0n) is 10.0. The highest BCUT2D eigenvalue weighted by Gasteiger charge is 2.15. The maximum Gasteiger partial charge on any atom is 0.303 e. The lowest BCUT2D eigenvalue weighted by atomic mass is 10.1. The Balaban J connectivity index is 2.26. The summed E-state index contributed by atoms with van der Waals surface area (Å²) >= 11 is 0. The molecule has 0 saturated heterocycles. The second-order valence-corrected chi connectivity index (χ2v) is 3.96. The van der Waals surface area contributed by atoms with Crippen molar-refractivity contribution in [3.05, 3.63) is 35.9 Å². The van der Waals surface area contributed by atoms with E-state index < -0.39 is 18.0 Å². The van der Waals surface area contributed by atoms with Crippen LogP contribution in [0.4, 0.5) is 0 Å². The van der Waals surface area contributed by atoms with Crippen LogP contribution in [0.15, 0.2) is 30.3 Å². The van der Waals surface area contributed by atoms with Crippen LogP contribution < -0.4 is 5.32 Å². The van der Waals surface area contributed by atoms with Gasteiger partial charge in [-0.25, -0.2) is 0 Å². The smallest absolute Gasteiger partial charge is 0.303 e. The number of rotatable bonds is 7. The summed E-state index contributed by atoms with van der Waals surface area (Å²) < 4.78 is 0. The molecule has 3 N–H and O–H groups in total. The van der Waals surface area contributed by atoms with E-state index in [4.69, 9.17) is 5.11 Å². The van der Waals surface area contributed by atoms with Crippen LogP contribution in [0.1, 0.15) is 30.9 Å². The van der Waals surface area contributed by atoms with Crippen LogP contribution in [0, 0.1) is 0 Å². The zero-order chi connectivity index (χ0) is 13.4. The second-order valence-electron chi connectivity index (χ2n) is 3.96. The first kappa shape index (κ1) is 14.2. The van der Waals surface area contributed by atoms with Gasteiger partial charge in [-0.05, 0) is 18.4 Å². The summed E-state index contributed by atoms with van der Waals surface area (Å²) in [5, 5.41) is 20.7. The molecule has 1 amide bonds. The molecule has 1 unspecified atom stereocenters. The highest BCUT2D eigenvalue weighted by molar-refractivity contribution is 5.81. The summed E-state index contributed by atoms with van der Waals surface area (Å²) in [5.74, 6) is -1.30. The third-order valence-corrected chi connectivity index (χ3v) is 2.48. The van der Waals surface area contributed by atoms with Crippen molar-refractivity contribution < 1.29 is 19.8 Å². The average Bonchev–Trinajstić information content (AvgIpc) is 2.38. The first-order valence-electron chi connectivity index (χ1n) is 5.84. The van der Waals surface area contributed by atoms with Crippen molar-refractivity contribution in [2.75, 3.05) is 6.54 Å². The Morgan fingerprint density at radius 3 is 2.44 bits per heavy atom. The molecule has 5 nitrogen and oxygen atoms in total. The maximum atomic E-state index is 11.6. The lowest BCUT2D eigenvalue weighted by Gasteiger charge is -2.11. The quantitative estimate of drug-likeness (QED) is 0.633. The minimum atomic E-state index is -1.18. The Bertz CT molecular complexity index is 391. The molecule has 1 atom stereocenters. The van der Waals surface area contributed by atoms with E-state index in [-0.39, 0.29) is 6.42 Å². The first-order valence-corrected chi connectivity index (χ1v) is 5.84. The molecular weight excluding hydrogens is 234 g/mol. The van der Waals surface area contributed by atoms with Gasteiger partial charge in [-0.15, -0.1) is 0 Å². The lowest BCUT2D eigenvalue weighted by Crippen LogP contribution is -2.30. The van der Waals surface area contributed by atoms with Gasteiger partial charge in [0.15, 0.2) is 6.10 Å². The van der Waals surface area contributed by atoms with E-state index in [0.717, 1.165) is 0 Å². The van der Waals surface area contributed by atoms with E-state index in [2.05, 4.69) is 5.32 Å². The van der Waals surface area contributed by atoms with Crippen LogP contribution >= 0.6 is 0 Å². The number of carboxylic acid groups (broad SMARTS) is 1. The summed E-state index contributed by atoms with van der Waals surface area (Å²) in [7, 11) is 0. The molecule has 1 aromatic rings. The van der Waals surface area contributed by atoms with Crippen LogP contribution in [0.3, 0.4) is 0 Å². The van der Waals surface area contributed by atoms with E-state index in [9.17, 15) is 14.7 Å². The van der Waals surface area contributed by atoms with Gasteiger partial charge in [-0.1, -0.05) is 30.3 Å². The second kappa shape index (κ2) is 7.45. The standard InChI is InChI=1S/C13H17NO4/c15-11(16)8-4-5-9-14-13(18)12(17)10-6-2-1-3-7-10/h1-3,6-7,12,17H,4-5,8-9H2,(H,14,18)(H,15,16). The third kappa shape index (κ3) is 4.97. The van der Waals surface area contributed by atoms with Gasteiger partial charge in [0.25, 0.3) is 5.91 Å². The molecule has 0 heterocycles. The molecule has 0 spiro atoms. The number of nitrogens with one attached hydrogen (secondary N) is 1. The van der Waals surface area contributed by atoms with Crippen LogP contribution in [0.5, 0.6) is 0 Å². The molecule has 0 radical (unpaired) electrons. The molecule has 0 aliphatic carbocycles. The molecule has 0 saturated carbocycles. The van der Waals surface area contributed by atoms with Crippen molar-refractivity contribution in [2.45, 2.75) is 25.4 Å². The normalized spacial score (nSPS) is 11.8. The van der Waals surface area contributed by atoms with Crippen molar-refractivity contribution in [1.82, 2.24) is 5.32 Å². The van der Waals surface area contributed by atoms with Gasteiger partial charge >= 0.3 is 5.97 Å². The van der Waals surface area contributed by atoms with Gasteiger partial charge in [0.1, 0.15) is 0 Å². The van der Waals surface area contributed by atoms with E-state index in [1.54, 1.807) is 30.3 Å². The van der Waals surface area contributed by atoms with Crippen LogP contribution in [0.25, 0.3) is 0 Å². The molecule has 98 valence electrons. The van der Waals surface area contributed by atoms with E-state index >= 15 is 0 Å². The first-order chi connectivity index (χ1) is 8.61. The Morgan fingerprint density at radius 1 is 1.17 bits per heavy atom. The number of aliphatic carboxylic acids is 1. The van der Waals surface area contributed by atoms with Crippen molar-refractivity contribution >= 4 is 11.9 Å². The van der Waals surface area contributed by atoms with Crippen LogP contribution in [-0.2, 0) is 9.59 Å². The van der Waals surface area contributed by atoms with Crippen LogP contribution in [-0.4, -0.2) is 28.6 Å². The largest absolute Gasteiger partial charge is 0.481 e. The molecular formula is C13H17NO4. The Hall–Kier alpha value is -1.88. The number of hydrogen-bond donors (Lipinski definition) is 3. The number of aliphatic hydroxyl groups excluding tert-OH is 1. The molecule has 0 aromatic heterocycles. The van der Waals surface area contributed by atoms with Gasteiger partial charge in [-0.2, -0.15) is 0 Å². The van der Waals surface area contributed by atoms with Crippen molar-refractivity contribution in [3.8, 4) is 0 Å². The summed E-state index contributed by atoms with van der Waals surface area (Å²) in [5.41, 5.74) is 0.542. The van der Waals surface area contributed by atoms with Gasteiger partial charge in [0.05, 0.1) is 0 Å². The topological polar surface area (TPSA) is 86.6 Å². The number of benzene rings is 1. The molecule has 5 heteroatoms. The van der Waals surface area contributed by atoms with Crippen molar-refractivity contribution in [2.24, 2.45) is 0 Å². The van der Waals surface area contributed by atoms with E-state index in [0.29, 0.717) is 24.9 Å². The van der Waals surface area contributed by atoms with Crippen molar-refractivity contribution in [3.63, 3.8) is 0 Å². The molecule has 1 aromatic carbocycles. The maximum absolute atomic E-state index is 11.6. The molecule has 0 fully saturated rings.